The Morgan fingerprint density at radius 2 is 2.19 bits per heavy atom. The van der Waals surface area contributed by atoms with Crippen molar-refractivity contribution in [2.75, 3.05) is 0 Å². The van der Waals surface area contributed by atoms with Crippen molar-refractivity contribution in [3.63, 3.8) is 0 Å². The predicted molar refractivity (Wildman–Crippen MR) is 107 cm³/mol. The fraction of sp³-hybridized carbons (Fsp3) is 0.150. The van der Waals surface area contributed by atoms with Crippen LogP contribution in [-0.2, 0) is 6.54 Å². The summed E-state index contributed by atoms with van der Waals surface area (Å²) < 4.78 is 4.07. The zero-order chi connectivity index (χ0) is 18.4. The second kappa shape index (κ2) is 6.11. The van der Waals surface area contributed by atoms with Crippen molar-refractivity contribution >= 4 is 33.3 Å². The van der Waals surface area contributed by atoms with Gasteiger partial charge in [0.05, 0.1) is 47.0 Å². The number of H-pyrrole nitrogens is 1. The molecule has 5 aromatic rings. The van der Waals surface area contributed by atoms with Crippen LogP contribution in [0, 0.1) is 18.3 Å². The standard InChI is InChI=1S/C20H16N6S/c1-13-3-4-18(27-13)17-9-14-10-23-20-16(5-7-22-20)19(14)26(17)15-11-24-25(12-15)8-2-6-21/h3-5,7,9-12H,2,8H2,1H3,(H,22,23). The third kappa shape index (κ3) is 2.54. The maximum absolute atomic E-state index is 8.84. The molecule has 0 atom stereocenters. The van der Waals surface area contributed by atoms with Crippen molar-refractivity contribution in [1.29, 1.82) is 5.26 Å². The number of fused-ring (bicyclic) bond motifs is 3. The fourth-order valence-electron chi connectivity index (χ4n) is 3.47. The van der Waals surface area contributed by atoms with Crippen LogP contribution in [0.2, 0.25) is 0 Å². The Morgan fingerprint density at radius 1 is 1.26 bits per heavy atom. The van der Waals surface area contributed by atoms with Crippen molar-refractivity contribution in [3.05, 3.63) is 53.9 Å². The zero-order valence-electron chi connectivity index (χ0n) is 14.7. The number of hydrogen-bond donors (Lipinski definition) is 1. The molecule has 5 aromatic heterocycles. The first-order valence-corrected chi connectivity index (χ1v) is 9.50. The van der Waals surface area contributed by atoms with E-state index in [0.717, 1.165) is 33.3 Å². The topological polar surface area (TPSA) is 75.2 Å². The van der Waals surface area contributed by atoms with E-state index in [2.05, 4.69) is 56.9 Å². The van der Waals surface area contributed by atoms with Crippen LogP contribution >= 0.6 is 11.3 Å². The summed E-state index contributed by atoms with van der Waals surface area (Å²) in [7, 11) is 0. The Hall–Kier alpha value is -3.37. The van der Waals surface area contributed by atoms with E-state index in [-0.39, 0.29) is 0 Å². The van der Waals surface area contributed by atoms with Gasteiger partial charge >= 0.3 is 0 Å². The summed E-state index contributed by atoms with van der Waals surface area (Å²) >= 11 is 1.77. The molecule has 6 nitrogen and oxygen atoms in total. The number of aromatic nitrogens is 5. The lowest BCUT2D eigenvalue weighted by atomic mass is 10.2. The average molecular weight is 372 g/mol. The Kier molecular flexibility index (Phi) is 3.59. The summed E-state index contributed by atoms with van der Waals surface area (Å²) in [6.07, 6.45) is 8.13. The predicted octanol–water partition coefficient (Wildman–Crippen LogP) is 4.65. The van der Waals surface area contributed by atoms with Crippen LogP contribution in [0.4, 0.5) is 0 Å². The summed E-state index contributed by atoms with van der Waals surface area (Å²) in [6, 6.07) is 10.7. The lowest BCUT2D eigenvalue weighted by Gasteiger charge is -2.08. The van der Waals surface area contributed by atoms with Crippen LogP contribution in [-0.4, -0.2) is 24.3 Å². The molecule has 5 rings (SSSR count). The number of pyridine rings is 1. The highest BCUT2D eigenvalue weighted by molar-refractivity contribution is 7.15. The fourth-order valence-corrected chi connectivity index (χ4v) is 4.35. The molecular weight excluding hydrogens is 356 g/mol. The van der Waals surface area contributed by atoms with E-state index in [9.17, 15) is 0 Å². The maximum atomic E-state index is 8.84. The van der Waals surface area contributed by atoms with E-state index in [1.54, 1.807) is 11.3 Å². The van der Waals surface area contributed by atoms with Gasteiger partial charge < -0.3 is 9.55 Å². The van der Waals surface area contributed by atoms with Gasteiger partial charge in [0.15, 0.2) is 0 Å². The molecule has 0 radical (unpaired) electrons. The summed E-state index contributed by atoms with van der Waals surface area (Å²) in [6.45, 7) is 2.71. The average Bonchev–Trinajstić information content (AvgIpc) is 3.43. The van der Waals surface area contributed by atoms with Gasteiger partial charge in [0.25, 0.3) is 0 Å². The molecule has 0 aliphatic heterocycles. The second-order valence-electron chi connectivity index (χ2n) is 6.45. The van der Waals surface area contributed by atoms with Gasteiger partial charge in [-0.15, -0.1) is 11.3 Å². The molecule has 0 saturated carbocycles. The van der Waals surface area contributed by atoms with Crippen LogP contribution < -0.4 is 0 Å². The molecule has 0 bridgehead atoms. The van der Waals surface area contributed by atoms with Crippen LogP contribution in [0.5, 0.6) is 0 Å². The third-order valence-electron chi connectivity index (χ3n) is 4.67. The lowest BCUT2D eigenvalue weighted by molar-refractivity contribution is 0.627. The number of rotatable bonds is 4. The van der Waals surface area contributed by atoms with E-state index in [1.807, 2.05) is 29.5 Å². The van der Waals surface area contributed by atoms with E-state index in [4.69, 9.17) is 5.26 Å². The number of aryl methyl sites for hydroxylation is 2. The van der Waals surface area contributed by atoms with Gasteiger partial charge in [-0.3, -0.25) is 4.68 Å². The number of nitrogens with one attached hydrogen (secondary N) is 1. The van der Waals surface area contributed by atoms with Crippen molar-refractivity contribution in [3.8, 4) is 22.3 Å². The third-order valence-corrected chi connectivity index (χ3v) is 5.69. The molecule has 27 heavy (non-hydrogen) atoms. The molecule has 0 amide bonds. The first-order chi connectivity index (χ1) is 13.2. The van der Waals surface area contributed by atoms with Gasteiger partial charge in [0.1, 0.15) is 5.65 Å². The number of aromatic amines is 1. The number of thiophene rings is 1. The normalized spacial score (nSPS) is 11.4. The van der Waals surface area contributed by atoms with E-state index in [1.165, 1.54) is 9.75 Å². The van der Waals surface area contributed by atoms with Gasteiger partial charge in [-0.05, 0) is 31.2 Å². The molecule has 0 aliphatic rings. The van der Waals surface area contributed by atoms with Gasteiger partial charge in [0, 0.05) is 34.2 Å². The van der Waals surface area contributed by atoms with E-state index >= 15 is 0 Å². The first kappa shape index (κ1) is 15.9. The molecule has 0 unspecified atom stereocenters. The molecule has 0 spiro atoms. The second-order valence-corrected chi connectivity index (χ2v) is 7.74. The summed E-state index contributed by atoms with van der Waals surface area (Å²) in [5.74, 6) is 0. The minimum atomic E-state index is 0.441. The van der Waals surface area contributed by atoms with Crippen LogP contribution in [0.15, 0.2) is 49.1 Å². The molecule has 0 saturated heterocycles. The Balaban J connectivity index is 1.80. The molecule has 0 aliphatic carbocycles. The SMILES string of the molecule is Cc1ccc(-c2cc3cnc4[nH]ccc4c3n2-c2cnn(CCC#N)c2)s1. The monoisotopic (exact) mass is 372 g/mol. The number of nitriles is 1. The van der Waals surface area contributed by atoms with Crippen molar-refractivity contribution < 1.29 is 0 Å². The molecular formula is C20H16N6S. The minimum Gasteiger partial charge on any atom is -0.346 e. The van der Waals surface area contributed by atoms with Gasteiger partial charge in [-0.1, -0.05) is 0 Å². The van der Waals surface area contributed by atoms with E-state index < -0.39 is 0 Å². The van der Waals surface area contributed by atoms with Gasteiger partial charge in [-0.2, -0.15) is 10.4 Å². The Labute approximate surface area is 159 Å². The smallest absolute Gasteiger partial charge is 0.139 e. The van der Waals surface area contributed by atoms with E-state index in [0.29, 0.717) is 13.0 Å². The number of hydrogen-bond acceptors (Lipinski definition) is 4. The highest BCUT2D eigenvalue weighted by atomic mass is 32.1. The Morgan fingerprint density at radius 3 is 3.00 bits per heavy atom. The quantitative estimate of drug-likeness (QED) is 0.499. The highest BCUT2D eigenvalue weighted by Gasteiger charge is 2.18. The molecule has 0 aromatic carbocycles. The van der Waals surface area contributed by atoms with Crippen LogP contribution in [0.25, 0.3) is 38.2 Å². The molecule has 1 N–H and O–H groups in total. The summed E-state index contributed by atoms with van der Waals surface area (Å²) in [4.78, 5) is 10.2. The molecule has 132 valence electrons. The lowest BCUT2D eigenvalue weighted by Crippen LogP contribution is -1.98. The Bertz CT molecular complexity index is 1310. The van der Waals surface area contributed by atoms with Crippen LogP contribution in [0.3, 0.4) is 0 Å². The van der Waals surface area contributed by atoms with Crippen molar-refractivity contribution in [2.24, 2.45) is 0 Å². The largest absolute Gasteiger partial charge is 0.346 e. The van der Waals surface area contributed by atoms with Crippen molar-refractivity contribution in [1.82, 2.24) is 24.3 Å². The highest BCUT2D eigenvalue weighted by Crippen LogP contribution is 2.37. The first-order valence-electron chi connectivity index (χ1n) is 8.69. The molecule has 0 fully saturated rings. The minimum absolute atomic E-state index is 0.441. The summed E-state index contributed by atoms with van der Waals surface area (Å²) in [5.41, 5.74) is 4.09. The van der Waals surface area contributed by atoms with Gasteiger partial charge in [0.2, 0.25) is 0 Å². The summed E-state index contributed by atoms with van der Waals surface area (Å²) in [5, 5.41) is 15.5. The van der Waals surface area contributed by atoms with Crippen molar-refractivity contribution in [2.45, 2.75) is 19.9 Å². The van der Waals surface area contributed by atoms with Gasteiger partial charge in [-0.25, -0.2) is 4.98 Å². The van der Waals surface area contributed by atoms with Crippen LogP contribution in [0.1, 0.15) is 11.3 Å². The molecule has 7 heteroatoms. The number of nitrogens with zero attached hydrogens (tertiary/aromatic N) is 5. The zero-order valence-corrected chi connectivity index (χ0v) is 15.5. The molecule has 5 heterocycles. The maximum Gasteiger partial charge on any atom is 0.139 e.